The number of hydrogen-bond donors (Lipinski definition) is 0. The molecular weight excluding hydrogens is 455 g/mol. The largest absolute Gasteiger partial charge is 0.495 e. The zero-order valence-corrected chi connectivity index (χ0v) is 17.7. The van der Waals surface area contributed by atoms with Crippen LogP contribution in [0.25, 0.3) is 0 Å². The lowest BCUT2D eigenvalue weighted by Crippen LogP contribution is -2.01. The number of methoxy groups -OCH3 is 2. The molecule has 3 aromatic carbocycles. The maximum absolute atomic E-state index is 14.0. The van der Waals surface area contributed by atoms with Gasteiger partial charge in [-0.3, -0.25) is 0 Å². The van der Waals surface area contributed by atoms with E-state index in [1.165, 1.54) is 26.4 Å². The van der Waals surface area contributed by atoms with E-state index in [4.69, 9.17) is 9.47 Å². The van der Waals surface area contributed by atoms with Gasteiger partial charge in [0.15, 0.2) is 29.0 Å². The van der Waals surface area contributed by atoms with Gasteiger partial charge in [-0.05, 0) is 31.2 Å². The van der Waals surface area contributed by atoms with E-state index in [0.717, 1.165) is 5.56 Å². The summed E-state index contributed by atoms with van der Waals surface area (Å²) < 4.78 is 92.0. The second-order valence-corrected chi connectivity index (χ2v) is 7.77. The zero-order valence-electron chi connectivity index (χ0n) is 16.9. The Balaban J connectivity index is 2.23. The van der Waals surface area contributed by atoms with Crippen LogP contribution in [0.15, 0.2) is 56.4 Å². The Bertz CT molecular complexity index is 1200. The van der Waals surface area contributed by atoms with E-state index >= 15 is 0 Å². The second kappa shape index (κ2) is 9.43. The number of azo groups is 1. The summed E-state index contributed by atoms with van der Waals surface area (Å²) in [6, 6.07) is 9.41. The highest BCUT2D eigenvalue weighted by molar-refractivity contribution is 7.85. The Morgan fingerprint density at radius 3 is 1.69 bits per heavy atom. The minimum absolute atomic E-state index is 0.0196. The van der Waals surface area contributed by atoms with Crippen LogP contribution in [-0.4, -0.2) is 18.4 Å². The molecule has 0 aliphatic rings. The van der Waals surface area contributed by atoms with Gasteiger partial charge in [0, 0.05) is 4.90 Å². The van der Waals surface area contributed by atoms with Crippen molar-refractivity contribution < 1.29 is 35.6 Å². The first kappa shape index (κ1) is 23.3. The summed E-state index contributed by atoms with van der Waals surface area (Å²) in [6.45, 7) is 1.84. The smallest absolute Gasteiger partial charge is 0.200 e. The van der Waals surface area contributed by atoms with E-state index in [9.17, 15) is 26.2 Å². The van der Waals surface area contributed by atoms with Crippen LogP contribution in [0.1, 0.15) is 5.56 Å². The summed E-state index contributed by atoms with van der Waals surface area (Å²) in [6.07, 6.45) is 0. The summed E-state index contributed by atoms with van der Waals surface area (Å²) in [7, 11) is 0.617. The summed E-state index contributed by atoms with van der Waals surface area (Å²) in [5.74, 6) is -10.9. The molecule has 11 heteroatoms. The van der Waals surface area contributed by atoms with Gasteiger partial charge in [-0.25, -0.2) is 26.2 Å². The van der Waals surface area contributed by atoms with Crippen molar-refractivity contribution in [2.24, 2.45) is 10.2 Å². The first-order chi connectivity index (χ1) is 15.2. The Morgan fingerprint density at radius 2 is 1.16 bits per heavy atom. The van der Waals surface area contributed by atoms with Crippen LogP contribution in [0.3, 0.4) is 0 Å². The van der Waals surface area contributed by atoms with Gasteiger partial charge >= 0.3 is 0 Å². The minimum Gasteiger partial charge on any atom is -0.495 e. The fraction of sp³-hybridized carbons (Fsp3) is 0.143. The zero-order chi connectivity index (χ0) is 23.6. The Hall–Kier alpha value is -3.34. The minimum atomic E-state index is -2.32. The lowest BCUT2D eigenvalue weighted by atomic mass is 10.2. The lowest BCUT2D eigenvalue weighted by Gasteiger charge is -2.14. The van der Waals surface area contributed by atoms with Crippen molar-refractivity contribution >= 4 is 22.2 Å². The monoisotopic (exact) mass is 470 g/mol. The van der Waals surface area contributed by atoms with E-state index in [1.54, 1.807) is 24.3 Å². The number of benzene rings is 3. The maximum Gasteiger partial charge on any atom is 0.200 e. The summed E-state index contributed by atoms with van der Waals surface area (Å²) in [5, 5.41) is 6.88. The molecule has 168 valence electrons. The summed E-state index contributed by atoms with van der Waals surface area (Å²) in [5.41, 5.74) is -0.859. The number of hydrogen-bond acceptors (Lipinski definition) is 5. The van der Waals surface area contributed by atoms with Gasteiger partial charge in [0.05, 0.1) is 25.0 Å². The van der Waals surface area contributed by atoms with Crippen molar-refractivity contribution in [1.29, 1.82) is 0 Å². The predicted molar refractivity (Wildman–Crippen MR) is 106 cm³/mol. The van der Waals surface area contributed by atoms with Gasteiger partial charge < -0.3 is 9.47 Å². The molecule has 0 bridgehead atoms. The van der Waals surface area contributed by atoms with Gasteiger partial charge in [-0.1, -0.05) is 17.7 Å². The fourth-order valence-electron chi connectivity index (χ4n) is 2.69. The van der Waals surface area contributed by atoms with Crippen LogP contribution in [0.2, 0.25) is 0 Å². The van der Waals surface area contributed by atoms with Gasteiger partial charge in [0.2, 0.25) is 5.82 Å². The van der Waals surface area contributed by atoms with Crippen molar-refractivity contribution in [3.05, 3.63) is 71.0 Å². The first-order valence-corrected chi connectivity index (χ1v) is 10.0. The first-order valence-electron chi connectivity index (χ1n) is 8.87. The number of halogens is 5. The molecule has 0 amide bonds. The summed E-state index contributed by atoms with van der Waals surface area (Å²) in [4.78, 5) is 0.276. The van der Waals surface area contributed by atoms with Gasteiger partial charge in [0.25, 0.3) is 0 Å². The van der Waals surface area contributed by atoms with Crippen LogP contribution in [0.5, 0.6) is 11.5 Å². The molecule has 3 aromatic rings. The molecule has 0 aromatic heterocycles. The van der Waals surface area contributed by atoms with Crippen LogP contribution in [-0.2, 0) is 10.8 Å². The highest BCUT2D eigenvalue weighted by Gasteiger charge is 2.27. The standard InChI is InChI=1S/C21H15F5N2O3S/c1-10-4-6-11(7-5-10)32(29)21-13(31-3)9-8-12(30-2)19(21)27-28-20-17(25)15(23)14(22)16(24)18(20)26/h4-9H,1-3H3/t32-/m0/s1. The molecule has 0 fully saturated rings. The molecule has 0 heterocycles. The molecule has 0 N–H and O–H groups in total. The normalized spacial score (nSPS) is 12.2. The van der Waals surface area contributed by atoms with Gasteiger partial charge in [-0.2, -0.15) is 0 Å². The van der Waals surface area contributed by atoms with Crippen molar-refractivity contribution in [2.45, 2.75) is 16.7 Å². The molecule has 32 heavy (non-hydrogen) atoms. The topological polar surface area (TPSA) is 60.2 Å². The van der Waals surface area contributed by atoms with E-state index < -0.39 is 45.6 Å². The lowest BCUT2D eigenvalue weighted by molar-refractivity contribution is 0.380. The van der Waals surface area contributed by atoms with Crippen molar-refractivity contribution in [1.82, 2.24) is 0 Å². The average Bonchev–Trinajstić information content (AvgIpc) is 2.80. The molecule has 0 aliphatic carbocycles. The Morgan fingerprint density at radius 1 is 0.688 bits per heavy atom. The third kappa shape index (κ3) is 4.20. The van der Waals surface area contributed by atoms with Crippen LogP contribution in [0.4, 0.5) is 33.3 Å². The predicted octanol–water partition coefficient (Wildman–Crippen LogP) is 6.29. The van der Waals surface area contributed by atoms with E-state index in [2.05, 4.69) is 10.2 Å². The molecule has 0 unspecified atom stereocenters. The highest BCUT2D eigenvalue weighted by Crippen LogP contribution is 2.43. The Kier molecular flexibility index (Phi) is 6.87. The van der Waals surface area contributed by atoms with Crippen LogP contribution >= 0.6 is 0 Å². The van der Waals surface area contributed by atoms with E-state index in [1.807, 2.05) is 6.92 Å². The molecule has 5 nitrogen and oxygen atoms in total. The number of rotatable bonds is 6. The average molecular weight is 470 g/mol. The molecule has 3 rings (SSSR count). The quantitative estimate of drug-likeness (QED) is 0.184. The van der Waals surface area contributed by atoms with E-state index in [-0.39, 0.29) is 22.1 Å². The maximum atomic E-state index is 14.0. The summed E-state index contributed by atoms with van der Waals surface area (Å²) >= 11 is 0. The Labute approximate surface area is 182 Å². The molecule has 0 spiro atoms. The third-order valence-electron chi connectivity index (χ3n) is 4.36. The second-order valence-electron chi connectivity index (χ2n) is 6.35. The molecular formula is C21H15F5N2O3S. The molecule has 0 radical (unpaired) electrons. The fourth-order valence-corrected chi connectivity index (χ4v) is 3.96. The molecule has 0 saturated carbocycles. The van der Waals surface area contributed by atoms with Gasteiger partial charge in [-0.15, -0.1) is 10.2 Å². The highest BCUT2D eigenvalue weighted by atomic mass is 32.2. The van der Waals surface area contributed by atoms with Crippen LogP contribution in [0, 0.1) is 36.0 Å². The SMILES string of the molecule is COc1ccc(OC)c([S@@](=O)c2ccc(C)cc2)c1N=Nc1c(F)c(F)c(F)c(F)c1F. The third-order valence-corrected chi connectivity index (χ3v) is 5.82. The van der Waals surface area contributed by atoms with Gasteiger partial charge in [0.1, 0.15) is 22.1 Å². The van der Waals surface area contributed by atoms with Crippen molar-refractivity contribution in [3.63, 3.8) is 0 Å². The van der Waals surface area contributed by atoms with Crippen molar-refractivity contribution in [2.75, 3.05) is 14.2 Å². The number of ether oxygens (including phenoxy) is 2. The van der Waals surface area contributed by atoms with Crippen LogP contribution < -0.4 is 9.47 Å². The molecule has 0 aliphatic heterocycles. The molecule has 0 saturated heterocycles. The number of nitrogens with zero attached hydrogens (tertiary/aromatic N) is 2. The van der Waals surface area contributed by atoms with Crippen molar-refractivity contribution in [3.8, 4) is 11.5 Å². The molecule has 1 atom stereocenters. The number of aryl methyl sites for hydroxylation is 1. The van der Waals surface area contributed by atoms with E-state index in [0.29, 0.717) is 4.90 Å².